The molecule has 24 heteroatoms. The molecule has 3 rings (SSSR count). The number of nitrogens with one attached hydrogen (secondary N) is 11. The van der Waals surface area contributed by atoms with Crippen LogP contribution in [0.5, 0.6) is 0 Å². The van der Waals surface area contributed by atoms with Gasteiger partial charge in [0.1, 0.15) is 12.1 Å². The predicted molar refractivity (Wildman–Crippen MR) is 206 cm³/mol. The van der Waals surface area contributed by atoms with Crippen molar-refractivity contribution in [1.29, 1.82) is 0 Å². The summed E-state index contributed by atoms with van der Waals surface area (Å²) in [6.45, 7) is -2.75. The Kier molecular flexibility index (Phi) is 19.4. The Labute approximate surface area is 343 Å². The van der Waals surface area contributed by atoms with Crippen LogP contribution >= 0.6 is 0 Å². The molecule has 0 bridgehead atoms. The minimum Gasteiger partial charge on any atom is -0.347 e. The average molecular weight is 843 g/mol. The van der Waals surface area contributed by atoms with E-state index in [9.17, 15) is 57.5 Å². The third kappa shape index (κ3) is 18.4. The summed E-state index contributed by atoms with van der Waals surface area (Å²) in [4.78, 5) is 152. The lowest BCUT2D eigenvalue weighted by atomic mass is 10.0. The molecule has 1 aromatic carbocycles. The maximum atomic E-state index is 13.2. The Hall–Kier alpha value is -7.14. The molecule has 2 unspecified atom stereocenters. The molecule has 0 radical (unpaired) electrons. The summed E-state index contributed by atoms with van der Waals surface area (Å²) in [6.07, 6.45) is 0.840. The van der Waals surface area contributed by atoms with E-state index >= 15 is 0 Å². The molecule has 11 N–H and O–H groups in total. The van der Waals surface area contributed by atoms with E-state index in [-0.39, 0.29) is 6.42 Å². The van der Waals surface area contributed by atoms with Crippen LogP contribution in [0.2, 0.25) is 0 Å². The molecule has 2 saturated heterocycles. The van der Waals surface area contributed by atoms with Crippen molar-refractivity contribution in [1.82, 2.24) is 63.4 Å². The van der Waals surface area contributed by atoms with Gasteiger partial charge in [0, 0.05) is 19.5 Å². The maximum absolute atomic E-state index is 13.2. The highest BCUT2D eigenvalue weighted by Crippen LogP contribution is 2.11. The first-order valence-electron chi connectivity index (χ1n) is 18.9. The second kappa shape index (κ2) is 24.6. The van der Waals surface area contributed by atoms with E-state index in [4.69, 9.17) is 0 Å². The first-order chi connectivity index (χ1) is 28.6. The molecule has 12 amide bonds. The first-order valence-corrected chi connectivity index (χ1v) is 18.9. The number of rotatable bonds is 3. The van der Waals surface area contributed by atoms with Crippen molar-refractivity contribution in [2.75, 3.05) is 72.0 Å². The number of amides is 12. The largest absolute Gasteiger partial charge is 0.347 e. The van der Waals surface area contributed by atoms with Gasteiger partial charge in [-0.3, -0.25) is 57.5 Å². The third-order valence-corrected chi connectivity index (χ3v) is 8.61. The van der Waals surface area contributed by atoms with E-state index in [2.05, 4.69) is 58.5 Å². The van der Waals surface area contributed by atoms with E-state index in [1.165, 1.54) is 4.90 Å². The zero-order valence-corrected chi connectivity index (χ0v) is 32.9. The van der Waals surface area contributed by atoms with Gasteiger partial charge in [-0.1, -0.05) is 29.8 Å². The lowest BCUT2D eigenvalue weighted by Gasteiger charge is -2.24. The number of hydrogen-bond acceptors (Lipinski definition) is 12. The van der Waals surface area contributed by atoms with Crippen LogP contribution in [-0.4, -0.2) is 160 Å². The fourth-order valence-corrected chi connectivity index (χ4v) is 5.55. The number of benzene rings is 1. The van der Waals surface area contributed by atoms with Crippen LogP contribution in [0.1, 0.15) is 30.4 Å². The molecule has 60 heavy (non-hydrogen) atoms. The van der Waals surface area contributed by atoms with Crippen molar-refractivity contribution in [3.05, 3.63) is 35.4 Å². The summed E-state index contributed by atoms with van der Waals surface area (Å²) in [5.41, 5.74) is 1.53. The summed E-state index contributed by atoms with van der Waals surface area (Å²) >= 11 is 0. The minimum absolute atomic E-state index is 0.00999. The monoisotopic (exact) mass is 842 g/mol. The Morgan fingerprint density at radius 3 is 1.33 bits per heavy atom. The fourth-order valence-electron chi connectivity index (χ4n) is 5.55. The molecule has 2 aliphatic rings. The number of aryl methyl sites for hydroxylation is 1. The molecule has 2 heterocycles. The van der Waals surface area contributed by atoms with Gasteiger partial charge in [0.05, 0.1) is 65.3 Å². The fraction of sp³-hybridized carbons (Fsp3) is 0.500. The lowest BCUT2D eigenvalue weighted by molar-refractivity contribution is -0.138. The van der Waals surface area contributed by atoms with Gasteiger partial charge in [0.2, 0.25) is 70.9 Å². The molecule has 2 aliphatic heterocycles. The Bertz CT molecular complexity index is 1820. The molecular weight excluding hydrogens is 792 g/mol. The average Bonchev–Trinajstić information content (AvgIpc) is 3.76. The number of carbonyl (C=O) groups is 12. The second-order valence-corrected chi connectivity index (χ2v) is 13.6. The van der Waals surface area contributed by atoms with Crippen LogP contribution in [0.4, 0.5) is 0 Å². The number of hydrogen-bond donors (Lipinski definition) is 11. The SMILES string of the molecule is Cc1cccc(CC2NC(=O)CNC(=O)CNC(=O)CNC(=O)CNC(=O)CNC(=O)CNC(=O)CNC(=O)CC(C(=O)N3CCCC3)NC(=O)CNC(=O)CNC2=O)c1. The van der Waals surface area contributed by atoms with Crippen LogP contribution < -0.4 is 58.5 Å². The van der Waals surface area contributed by atoms with Gasteiger partial charge >= 0.3 is 0 Å². The van der Waals surface area contributed by atoms with Crippen molar-refractivity contribution in [2.45, 2.75) is 44.7 Å². The van der Waals surface area contributed by atoms with Crippen molar-refractivity contribution >= 4 is 70.9 Å². The highest BCUT2D eigenvalue weighted by molar-refractivity contribution is 5.96. The molecule has 326 valence electrons. The van der Waals surface area contributed by atoms with Crippen molar-refractivity contribution < 1.29 is 57.5 Å². The van der Waals surface area contributed by atoms with E-state index in [0.717, 1.165) is 5.56 Å². The van der Waals surface area contributed by atoms with Crippen LogP contribution in [0.3, 0.4) is 0 Å². The third-order valence-electron chi connectivity index (χ3n) is 8.61. The summed E-state index contributed by atoms with van der Waals surface area (Å²) in [7, 11) is 0. The summed E-state index contributed by atoms with van der Waals surface area (Å²) in [6, 6.07) is 4.48. The molecular formula is C36H50N12O12. The summed E-state index contributed by atoms with van der Waals surface area (Å²) in [5, 5.41) is 25.3. The van der Waals surface area contributed by atoms with Gasteiger partial charge in [-0.15, -0.1) is 0 Å². The highest BCUT2D eigenvalue weighted by atomic mass is 16.2. The van der Waals surface area contributed by atoms with E-state index in [1.807, 2.05) is 13.0 Å². The zero-order chi connectivity index (χ0) is 44.0. The van der Waals surface area contributed by atoms with Gasteiger partial charge in [-0.2, -0.15) is 0 Å². The standard InChI is InChI=1S/C36H50N12O12/c1-21-5-4-6-22(9-21)10-23-35(59)45-18-32(56)44-20-34(58)47-24(36(60)48-7-2-3-8-48)11-25(49)37-12-26(50)38-13-27(51)39-14-28(52)40-15-29(53)41-16-30(54)42-17-31(55)43-19-33(57)46-23/h4-6,9,23-24H,2-3,7-8,10-20H2,1H3,(H,37,49)(H,38,50)(H,39,51)(H,40,52)(H,41,53)(H,42,54)(H,43,55)(H,44,56)(H,45,59)(H,46,57)(H,47,58). The van der Waals surface area contributed by atoms with Crippen molar-refractivity contribution in [2.24, 2.45) is 0 Å². The topological polar surface area (TPSA) is 340 Å². The van der Waals surface area contributed by atoms with Crippen molar-refractivity contribution in [3.8, 4) is 0 Å². The number of likely N-dealkylation sites (tertiary alicyclic amines) is 1. The molecule has 0 spiro atoms. The molecule has 2 fully saturated rings. The second-order valence-electron chi connectivity index (χ2n) is 13.6. The first kappa shape index (κ1) is 47.2. The van der Waals surface area contributed by atoms with Gasteiger partial charge in [-0.25, -0.2) is 0 Å². The zero-order valence-electron chi connectivity index (χ0n) is 32.9. The van der Waals surface area contributed by atoms with E-state index < -0.39 is 148 Å². The molecule has 1 aromatic rings. The highest BCUT2D eigenvalue weighted by Gasteiger charge is 2.30. The van der Waals surface area contributed by atoms with E-state index in [0.29, 0.717) is 31.5 Å². The van der Waals surface area contributed by atoms with Gasteiger partial charge in [-0.05, 0) is 25.3 Å². The molecule has 24 nitrogen and oxygen atoms in total. The normalized spacial score (nSPS) is 21.4. The molecule has 0 aromatic heterocycles. The van der Waals surface area contributed by atoms with Gasteiger partial charge in [0.15, 0.2) is 0 Å². The predicted octanol–water partition coefficient (Wildman–Crippen LogP) is -7.42. The number of nitrogens with zero attached hydrogens (tertiary/aromatic N) is 1. The quantitative estimate of drug-likeness (QED) is 0.135. The summed E-state index contributed by atoms with van der Waals surface area (Å²) < 4.78 is 0. The molecule has 2 atom stereocenters. The summed E-state index contributed by atoms with van der Waals surface area (Å²) in [5.74, 6) is -9.30. The maximum Gasteiger partial charge on any atom is 0.245 e. The van der Waals surface area contributed by atoms with E-state index in [1.54, 1.807) is 18.2 Å². The van der Waals surface area contributed by atoms with Crippen LogP contribution in [0.15, 0.2) is 24.3 Å². The Morgan fingerprint density at radius 1 is 0.517 bits per heavy atom. The Balaban J connectivity index is 1.68. The van der Waals surface area contributed by atoms with Gasteiger partial charge in [0.25, 0.3) is 0 Å². The van der Waals surface area contributed by atoms with Crippen molar-refractivity contribution in [3.63, 3.8) is 0 Å². The smallest absolute Gasteiger partial charge is 0.245 e. The minimum atomic E-state index is -1.37. The number of carbonyl (C=O) groups excluding carboxylic acids is 12. The Morgan fingerprint density at radius 2 is 0.900 bits per heavy atom. The van der Waals surface area contributed by atoms with Gasteiger partial charge < -0.3 is 63.4 Å². The van der Waals surface area contributed by atoms with Crippen LogP contribution in [-0.2, 0) is 64.0 Å². The lowest BCUT2D eigenvalue weighted by Crippen LogP contribution is -2.54. The molecule has 0 saturated carbocycles. The molecule has 0 aliphatic carbocycles. The van der Waals surface area contributed by atoms with Crippen LogP contribution in [0, 0.1) is 6.92 Å². The van der Waals surface area contributed by atoms with Crippen LogP contribution in [0.25, 0.3) is 0 Å².